The molecule has 1 aromatic carbocycles. The first-order valence-corrected chi connectivity index (χ1v) is 6.20. The molecule has 0 aliphatic rings. The van der Waals surface area contributed by atoms with Crippen LogP contribution in [0.1, 0.15) is 38.3 Å². The largest absolute Gasteiger partial charge is 0.399 e. The number of rotatable bonds is 6. The molecule has 4 nitrogen and oxygen atoms in total. The average molecular weight is 250 g/mol. The van der Waals surface area contributed by atoms with Crippen LogP contribution in [0.15, 0.2) is 24.3 Å². The van der Waals surface area contributed by atoms with E-state index >= 15 is 0 Å². The molecule has 0 aliphatic heterocycles. The highest BCUT2D eigenvalue weighted by molar-refractivity contribution is 5.76. The van der Waals surface area contributed by atoms with E-state index in [1.807, 2.05) is 38.1 Å². The molecule has 0 aromatic heterocycles. The first kappa shape index (κ1) is 14.5. The molecule has 1 amide bonds. The van der Waals surface area contributed by atoms with Crippen LogP contribution in [0.2, 0.25) is 0 Å². The van der Waals surface area contributed by atoms with Crippen LogP contribution in [0.25, 0.3) is 0 Å². The Morgan fingerprint density at radius 1 is 1.33 bits per heavy atom. The Balaban J connectivity index is 2.42. The quantitative estimate of drug-likeness (QED) is 0.761. The van der Waals surface area contributed by atoms with Gasteiger partial charge in [0.25, 0.3) is 0 Å². The first-order valence-electron chi connectivity index (χ1n) is 6.20. The predicted octanol–water partition coefficient (Wildman–Crippen LogP) is 2.26. The van der Waals surface area contributed by atoms with E-state index in [0.29, 0.717) is 6.42 Å². The van der Waals surface area contributed by atoms with Gasteiger partial charge in [0.2, 0.25) is 5.91 Å². The van der Waals surface area contributed by atoms with Gasteiger partial charge in [-0.25, -0.2) is 0 Å². The summed E-state index contributed by atoms with van der Waals surface area (Å²) in [4.78, 5) is 11.7. The van der Waals surface area contributed by atoms with E-state index in [-0.39, 0.29) is 18.1 Å². The summed E-state index contributed by atoms with van der Waals surface area (Å²) in [7, 11) is 1.65. The monoisotopic (exact) mass is 250 g/mol. The minimum Gasteiger partial charge on any atom is -0.399 e. The average Bonchev–Trinajstić information content (AvgIpc) is 2.36. The summed E-state index contributed by atoms with van der Waals surface area (Å²) >= 11 is 0. The normalized spacial score (nSPS) is 13.9. The Morgan fingerprint density at radius 2 is 1.94 bits per heavy atom. The van der Waals surface area contributed by atoms with Crippen LogP contribution in [-0.4, -0.2) is 19.1 Å². The lowest BCUT2D eigenvalue weighted by atomic mass is 10.1. The summed E-state index contributed by atoms with van der Waals surface area (Å²) in [6, 6.07) is 7.53. The molecule has 2 unspecified atom stereocenters. The molecule has 0 saturated carbocycles. The fourth-order valence-corrected chi connectivity index (χ4v) is 1.63. The third kappa shape index (κ3) is 4.75. The molecule has 18 heavy (non-hydrogen) atoms. The lowest BCUT2D eigenvalue weighted by Crippen LogP contribution is -2.27. The van der Waals surface area contributed by atoms with Crippen molar-refractivity contribution in [3.8, 4) is 0 Å². The molecule has 4 heteroatoms. The smallest absolute Gasteiger partial charge is 0.220 e. The predicted molar refractivity (Wildman–Crippen MR) is 73.1 cm³/mol. The first-order chi connectivity index (χ1) is 8.52. The van der Waals surface area contributed by atoms with Crippen LogP contribution in [0.3, 0.4) is 0 Å². The van der Waals surface area contributed by atoms with E-state index in [1.54, 1.807) is 7.11 Å². The number of nitrogen functional groups attached to an aromatic ring is 1. The number of anilines is 1. The van der Waals surface area contributed by atoms with E-state index < -0.39 is 0 Å². The Bertz CT molecular complexity index is 376. The van der Waals surface area contributed by atoms with Gasteiger partial charge in [-0.2, -0.15) is 0 Å². The van der Waals surface area contributed by atoms with Crippen LogP contribution in [-0.2, 0) is 9.53 Å². The van der Waals surface area contributed by atoms with Crippen molar-refractivity contribution in [3.63, 3.8) is 0 Å². The molecular formula is C14H22N2O2. The zero-order valence-corrected chi connectivity index (χ0v) is 11.3. The van der Waals surface area contributed by atoms with Gasteiger partial charge in [0, 0.05) is 19.2 Å². The zero-order chi connectivity index (χ0) is 13.5. The number of carbonyl (C=O) groups excluding carboxylic acids is 1. The highest BCUT2D eigenvalue weighted by atomic mass is 16.5. The fourth-order valence-electron chi connectivity index (χ4n) is 1.63. The van der Waals surface area contributed by atoms with Gasteiger partial charge < -0.3 is 15.8 Å². The molecule has 1 rings (SSSR count). The van der Waals surface area contributed by atoms with Gasteiger partial charge in [-0.1, -0.05) is 12.1 Å². The Morgan fingerprint density at radius 3 is 2.50 bits per heavy atom. The molecule has 2 atom stereocenters. The molecule has 100 valence electrons. The number of amides is 1. The standard InChI is InChI=1S/C14H22N2O2/c1-10(18-3)4-9-14(17)16-11(2)12-5-7-13(15)8-6-12/h5-8,10-11H,4,9,15H2,1-3H3,(H,16,17). The number of benzene rings is 1. The minimum atomic E-state index is -0.00375. The number of hydrogen-bond acceptors (Lipinski definition) is 3. The van der Waals surface area contributed by atoms with E-state index in [2.05, 4.69) is 5.32 Å². The van der Waals surface area contributed by atoms with Crippen molar-refractivity contribution in [2.45, 2.75) is 38.8 Å². The number of methoxy groups -OCH3 is 1. The highest BCUT2D eigenvalue weighted by Gasteiger charge is 2.10. The van der Waals surface area contributed by atoms with E-state index in [4.69, 9.17) is 10.5 Å². The van der Waals surface area contributed by atoms with Gasteiger partial charge in [0.05, 0.1) is 12.1 Å². The SMILES string of the molecule is COC(C)CCC(=O)NC(C)c1ccc(N)cc1. The van der Waals surface area contributed by atoms with Gasteiger partial charge >= 0.3 is 0 Å². The molecule has 0 bridgehead atoms. The summed E-state index contributed by atoms with van der Waals surface area (Å²) < 4.78 is 5.11. The van der Waals surface area contributed by atoms with Crippen molar-refractivity contribution in [1.82, 2.24) is 5.32 Å². The molecule has 0 fully saturated rings. The van der Waals surface area contributed by atoms with Crippen molar-refractivity contribution in [2.75, 3.05) is 12.8 Å². The molecule has 3 N–H and O–H groups in total. The van der Waals surface area contributed by atoms with E-state index in [9.17, 15) is 4.79 Å². The molecule has 1 aromatic rings. The molecule has 0 radical (unpaired) electrons. The van der Waals surface area contributed by atoms with Crippen LogP contribution < -0.4 is 11.1 Å². The van der Waals surface area contributed by atoms with Gasteiger partial charge in [-0.15, -0.1) is 0 Å². The lowest BCUT2D eigenvalue weighted by molar-refractivity contribution is -0.122. The Hall–Kier alpha value is -1.55. The number of carbonyl (C=O) groups is 1. The highest BCUT2D eigenvalue weighted by Crippen LogP contribution is 2.14. The number of hydrogen-bond donors (Lipinski definition) is 2. The van der Waals surface area contributed by atoms with Gasteiger partial charge in [-0.3, -0.25) is 4.79 Å². The zero-order valence-electron chi connectivity index (χ0n) is 11.3. The third-order valence-corrected chi connectivity index (χ3v) is 2.99. The summed E-state index contributed by atoms with van der Waals surface area (Å²) in [5, 5.41) is 2.96. The maximum absolute atomic E-state index is 11.7. The second kappa shape index (κ2) is 7.01. The van der Waals surface area contributed by atoms with Gasteiger partial charge in [0.1, 0.15) is 0 Å². The lowest BCUT2D eigenvalue weighted by Gasteiger charge is -2.15. The van der Waals surface area contributed by atoms with Gasteiger partial charge in [0.15, 0.2) is 0 Å². The number of nitrogens with two attached hydrogens (primary N) is 1. The summed E-state index contributed by atoms with van der Waals surface area (Å²) in [6.07, 6.45) is 1.33. The molecule has 0 aliphatic carbocycles. The maximum atomic E-state index is 11.7. The van der Waals surface area contributed by atoms with E-state index in [1.165, 1.54) is 0 Å². The summed E-state index contributed by atoms with van der Waals surface area (Å²) in [5.41, 5.74) is 7.40. The van der Waals surface area contributed by atoms with Crippen LogP contribution in [0.5, 0.6) is 0 Å². The van der Waals surface area contributed by atoms with Crippen LogP contribution in [0.4, 0.5) is 5.69 Å². The third-order valence-electron chi connectivity index (χ3n) is 2.99. The van der Waals surface area contributed by atoms with Crippen LogP contribution >= 0.6 is 0 Å². The summed E-state index contributed by atoms with van der Waals surface area (Å²) in [6.45, 7) is 3.92. The van der Waals surface area contributed by atoms with E-state index in [0.717, 1.165) is 17.7 Å². The Labute approximate surface area is 109 Å². The molecule has 0 saturated heterocycles. The Kier molecular flexibility index (Phi) is 5.65. The van der Waals surface area contributed by atoms with Crippen molar-refractivity contribution >= 4 is 11.6 Å². The molecule has 0 heterocycles. The fraction of sp³-hybridized carbons (Fsp3) is 0.500. The maximum Gasteiger partial charge on any atom is 0.220 e. The molecule has 0 spiro atoms. The van der Waals surface area contributed by atoms with Gasteiger partial charge in [-0.05, 0) is 38.0 Å². The van der Waals surface area contributed by atoms with Crippen molar-refractivity contribution in [1.29, 1.82) is 0 Å². The summed E-state index contributed by atoms with van der Waals surface area (Å²) in [5.74, 6) is 0.0447. The molecular weight excluding hydrogens is 228 g/mol. The second-order valence-electron chi connectivity index (χ2n) is 4.54. The number of nitrogens with one attached hydrogen (secondary N) is 1. The topological polar surface area (TPSA) is 64.3 Å². The van der Waals surface area contributed by atoms with Crippen LogP contribution in [0, 0.1) is 0 Å². The number of ether oxygens (including phenoxy) is 1. The van der Waals surface area contributed by atoms with Crippen molar-refractivity contribution in [3.05, 3.63) is 29.8 Å². The van der Waals surface area contributed by atoms with Crippen molar-refractivity contribution in [2.24, 2.45) is 0 Å². The minimum absolute atomic E-state index is 0.00375. The van der Waals surface area contributed by atoms with Crippen molar-refractivity contribution < 1.29 is 9.53 Å². The second-order valence-corrected chi connectivity index (χ2v) is 4.54.